The van der Waals surface area contributed by atoms with Gasteiger partial charge in [0.1, 0.15) is 0 Å². The average molecular weight is 465 g/mol. The molecule has 3 aromatic rings. The maximum Gasteiger partial charge on any atom is 0.416 e. The molecule has 0 aliphatic carbocycles. The summed E-state index contributed by atoms with van der Waals surface area (Å²) in [6.07, 6.45) is -1.63. The first-order valence-corrected chi connectivity index (χ1v) is 10.3. The minimum atomic E-state index is -4.52. The molecule has 168 valence electrons. The number of rotatable bonds is 5. The lowest BCUT2D eigenvalue weighted by Gasteiger charge is -2.31. The van der Waals surface area contributed by atoms with E-state index in [1.165, 1.54) is 18.5 Å². The predicted molar refractivity (Wildman–Crippen MR) is 115 cm³/mol. The van der Waals surface area contributed by atoms with Crippen LogP contribution in [0.5, 0.6) is 0 Å². The molecule has 32 heavy (non-hydrogen) atoms. The maximum absolute atomic E-state index is 13.3. The first-order chi connectivity index (χ1) is 15.3. The highest BCUT2D eigenvalue weighted by atomic mass is 35.5. The Labute approximate surface area is 187 Å². The molecule has 2 heterocycles. The Hall–Kier alpha value is -3.04. The Morgan fingerprint density at radius 2 is 1.91 bits per heavy atom. The number of carbonyl (C=O) groups excluding carboxylic acids is 1. The Morgan fingerprint density at radius 3 is 2.62 bits per heavy atom. The number of benzene rings is 2. The Morgan fingerprint density at radius 1 is 1.16 bits per heavy atom. The fraction of sp³-hybridized carbons (Fsp3) is 0.273. The van der Waals surface area contributed by atoms with Crippen LogP contribution in [0.25, 0.3) is 0 Å². The number of carbonyl (C=O) groups is 1. The van der Waals surface area contributed by atoms with E-state index in [9.17, 15) is 18.0 Å². The molecule has 1 saturated heterocycles. The van der Waals surface area contributed by atoms with Gasteiger partial charge in [-0.05, 0) is 29.8 Å². The van der Waals surface area contributed by atoms with Crippen molar-refractivity contribution in [2.24, 2.45) is 0 Å². The number of amides is 1. The molecule has 0 unspecified atom stereocenters. The minimum absolute atomic E-state index is 0.0885. The van der Waals surface area contributed by atoms with Gasteiger partial charge in [-0.3, -0.25) is 9.48 Å². The molecule has 0 spiro atoms. The number of aromatic nitrogens is 2. The van der Waals surface area contributed by atoms with Crippen LogP contribution in [-0.4, -0.2) is 42.0 Å². The van der Waals surface area contributed by atoms with Gasteiger partial charge >= 0.3 is 6.18 Å². The molecule has 0 saturated carbocycles. The number of ether oxygens (including phenoxy) is 1. The van der Waals surface area contributed by atoms with Crippen molar-refractivity contribution in [3.8, 4) is 0 Å². The molecule has 2 aromatic carbocycles. The number of hydrogen-bond acceptors (Lipinski definition) is 4. The molecule has 0 atom stereocenters. The Kier molecular flexibility index (Phi) is 6.38. The van der Waals surface area contributed by atoms with Crippen molar-refractivity contribution in [1.82, 2.24) is 9.78 Å². The summed E-state index contributed by atoms with van der Waals surface area (Å²) in [6, 6.07) is 10.6. The van der Waals surface area contributed by atoms with E-state index in [0.29, 0.717) is 43.6 Å². The number of halogens is 4. The molecule has 1 aromatic heterocycles. The van der Waals surface area contributed by atoms with Gasteiger partial charge in [0.2, 0.25) is 0 Å². The molecule has 1 aliphatic heterocycles. The highest BCUT2D eigenvalue weighted by Gasteiger charge is 2.32. The normalized spacial score (nSPS) is 14.4. The summed E-state index contributed by atoms with van der Waals surface area (Å²) >= 11 is 6.17. The molecule has 1 amide bonds. The molecule has 0 bridgehead atoms. The van der Waals surface area contributed by atoms with Crippen LogP contribution < -0.4 is 10.2 Å². The number of anilines is 2. The maximum atomic E-state index is 13.3. The Balaban J connectivity index is 1.56. The van der Waals surface area contributed by atoms with Crippen molar-refractivity contribution < 1.29 is 22.7 Å². The average Bonchev–Trinajstić information content (AvgIpc) is 3.24. The summed E-state index contributed by atoms with van der Waals surface area (Å²) in [6.45, 7) is 2.32. The minimum Gasteiger partial charge on any atom is -0.378 e. The summed E-state index contributed by atoms with van der Waals surface area (Å²) in [5.74, 6) is -0.552. The van der Waals surface area contributed by atoms with Gasteiger partial charge in [-0.2, -0.15) is 18.3 Å². The highest BCUT2D eigenvalue weighted by Crippen LogP contribution is 2.36. The van der Waals surface area contributed by atoms with Crippen molar-refractivity contribution in [1.29, 1.82) is 0 Å². The third-order valence-corrected chi connectivity index (χ3v) is 5.48. The molecule has 6 nitrogen and oxygen atoms in total. The number of hydrogen-bond donors (Lipinski definition) is 1. The smallest absolute Gasteiger partial charge is 0.378 e. The molecule has 1 aliphatic rings. The van der Waals surface area contributed by atoms with Gasteiger partial charge in [0, 0.05) is 24.3 Å². The summed E-state index contributed by atoms with van der Waals surface area (Å²) in [5, 5.41) is 7.38. The van der Waals surface area contributed by atoms with Crippen LogP contribution in [0.2, 0.25) is 5.02 Å². The first kappa shape index (κ1) is 22.2. The topological polar surface area (TPSA) is 59.4 Å². The van der Waals surface area contributed by atoms with Crippen LogP contribution in [0.4, 0.5) is 24.5 Å². The second-order valence-corrected chi connectivity index (χ2v) is 7.71. The molecular formula is C22H20ClF3N4O2. The lowest BCUT2D eigenvalue weighted by Crippen LogP contribution is -2.36. The van der Waals surface area contributed by atoms with Crippen LogP contribution in [0.3, 0.4) is 0 Å². The van der Waals surface area contributed by atoms with Gasteiger partial charge < -0.3 is 15.0 Å². The lowest BCUT2D eigenvalue weighted by atomic mass is 10.1. The quantitative estimate of drug-likeness (QED) is 0.595. The summed E-state index contributed by atoms with van der Waals surface area (Å²) in [7, 11) is 0. The first-order valence-electron chi connectivity index (χ1n) is 9.92. The van der Waals surface area contributed by atoms with Gasteiger partial charge in [0.25, 0.3) is 5.91 Å². The van der Waals surface area contributed by atoms with E-state index in [4.69, 9.17) is 16.3 Å². The largest absolute Gasteiger partial charge is 0.416 e. The third kappa shape index (κ3) is 5.05. The zero-order valence-electron chi connectivity index (χ0n) is 16.9. The Bertz CT molecular complexity index is 1110. The van der Waals surface area contributed by atoms with E-state index in [0.717, 1.165) is 17.7 Å². The van der Waals surface area contributed by atoms with Crippen LogP contribution in [0.1, 0.15) is 21.5 Å². The predicted octanol–water partition coefficient (Wildman–Crippen LogP) is 4.69. The van der Waals surface area contributed by atoms with Crippen molar-refractivity contribution in [2.75, 3.05) is 36.5 Å². The van der Waals surface area contributed by atoms with Crippen LogP contribution in [0.15, 0.2) is 54.9 Å². The summed E-state index contributed by atoms with van der Waals surface area (Å²) in [4.78, 5) is 14.7. The van der Waals surface area contributed by atoms with Crippen LogP contribution >= 0.6 is 11.6 Å². The highest BCUT2D eigenvalue weighted by molar-refractivity contribution is 6.31. The second-order valence-electron chi connectivity index (χ2n) is 7.30. The number of alkyl halides is 3. The zero-order valence-corrected chi connectivity index (χ0v) is 17.7. The van der Waals surface area contributed by atoms with Crippen molar-refractivity contribution in [3.05, 3.63) is 76.6 Å². The van der Waals surface area contributed by atoms with E-state index >= 15 is 0 Å². The molecular weight excluding hydrogens is 445 g/mol. The fourth-order valence-electron chi connectivity index (χ4n) is 3.46. The third-order valence-electron chi connectivity index (χ3n) is 5.11. The standard InChI is InChI=1S/C22H20ClF3N4O2/c23-18-4-2-1-3-15(18)13-30-14-16(12-27-30)21(31)28-19-11-17(22(24,25)26)5-6-20(19)29-7-9-32-10-8-29/h1-6,11-12,14H,7-10,13H2,(H,28,31). The van der Waals surface area contributed by atoms with Crippen molar-refractivity contribution in [3.63, 3.8) is 0 Å². The number of nitrogens with one attached hydrogen (secondary N) is 1. The van der Waals surface area contributed by atoms with Gasteiger partial charge in [0.15, 0.2) is 0 Å². The monoisotopic (exact) mass is 464 g/mol. The molecule has 4 rings (SSSR count). The van der Waals surface area contributed by atoms with E-state index in [1.54, 1.807) is 10.7 Å². The van der Waals surface area contributed by atoms with Crippen molar-refractivity contribution >= 4 is 28.9 Å². The molecule has 1 N–H and O–H groups in total. The SMILES string of the molecule is O=C(Nc1cc(C(F)(F)F)ccc1N1CCOCC1)c1cnn(Cc2ccccc2Cl)c1. The second kappa shape index (κ2) is 9.22. The number of nitrogens with zero attached hydrogens (tertiary/aromatic N) is 3. The van der Waals surface area contributed by atoms with Gasteiger partial charge in [-0.1, -0.05) is 29.8 Å². The van der Waals surface area contributed by atoms with Gasteiger partial charge in [-0.15, -0.1) is 0 Å². The molecule has 10 heteroatoms. The fourth-order valence-corrected chi connectivity index (χ4v) is 3.65. The van der Waals surface area contributed by atoms with Crippen LogP contribution in [-0.2, 0) is 17.5 Å². The number of morpholine rings is 1. The molecule has 0 radical (unpaired) electrons. The van der Waals surface area contributed by atoms with Crippen LogP contribution in [0, 0.1) is 0 Å². The van der Waals surface area contributed by atoms with E-state index in [-0.39, 0.29) is 11.3 Å². The summed E-state index contributed by atoms with van der Waals surface area (Å²) < 4.78 is 46.7. The van der Waals surface area contributed by atoms with Gasteiger partial charge in [0.05, 0.1) is 48.5 Å². The summed E-state index contributed by atoms with van der Waals surface area (Å²) in [5.41, 5.74) is 0.821. The van der Waals surface area contributed by atoms with Gasteiger partial charge in [-0.25, -0.2) is 0 Å². The van der Waals surface area contributed by atoms with E-state index in [1.807, 2.05) is 23.1 Å². The molecule has 1 fully saturated rings. The zero-order chi connectivity index (χ0) is 22.7. The lowest BCUT2D eigenvalue weighted by molar-refractivity contribution is -0.137. The van der Waals surface area contributed by atoms with E-state index < -0.39 is 17.6 Å². The van der Waals surface area contributed by atoms with E-state index in [2.05, 4.69) is 10.4 Å². The van der Waals surface area contributed by atoms with Crippen molar-refractivity contribution in [2.45, 2.75) is 12.7 Å².